The molecule has 2 heteroatoms. The van der Waals surface area contributed by atoms with Gasteiger partial charge in [0.2, 0.25) is 0 Å². The molecule has 0 amide bonds. The number of carbonyl (C=O) groups excluding carboxylic acids is 1. The minimum Gasteiger partial charge on any atom is -0.298 e. The van der Waals surface area contributed by atoms with Crippen LogP contribution in [0.3, 0.4) is 0 Å². The summed E-state index contributed by atoms with van der Waals surface area (Å²) in [6.07, 6.45) is 1.91. The van der Waals surface area contributed by atoms with Crippen LogP contribution in [0.4, 0.5) is 0 Å². The molecule has 0 aromatic carbocycles. The highest BCUT2D eigenvalue weighted by Gasteiger charge is 2.32. The van der Waals surface area contributed by atoms with Gasteiger partial charge in [-0.15, -0.1) is 11.8 Å². The Labute approximate surface area is 66.6 Å². The Morgan fingerprint density at radius 1 is 1.50 bits per heavy atom. The van der Waals surface area contributed by atoms with Crippen LogP contribution in [0.2, 0.25) is 0 Å². The van der Waals surface area contributed by atoms with Crippen LogP contribution in [0.15, 0.2) is 0 Å². The Bertz CT molecular complexity index is 146. The Balaban J connectivity index is 2.32. The predicted molar refractivity (Wildman–Crippen MR) is 45.4 cm³/mol. The fraction of sp³-hybridized carbons (Fsp3) is 0.875. The average Bonchev–Trinajstić information content (AvgIpc) is 1.78. The molecule has 0 unspecified atom stereocenters. The molecule has 1 atom stereocenters. The van der Waals surface area contributed by atoms with Gasteiger partial charge in [0.25, 0.3) is 0 Å². The Morgan fingerprint density at radius 2 is 2.10 bits per heavy atom. The van der Waals surface area contributed by atoms with E-state index in [1.807, 2.05) is 0 Å². The van der Waals surface area contributed by atoms with Crippen molar-refractivity contribution < 1.29 is 4.79 Å². The van der Waals surface area contributed by atoms with E-state index < -0.39 is 0 Å². The summed E-state index contributed by atoms with van der Waals surface area (Å²) in [5.74, 6) is 0.444. The molecule has 0 aromatic heterocycles. The van der Waals surface area contributed by atoms with Crippen molar-refractivity contribution in [1.29, 1.82) is 0 Å². The van der Waals surface area contributed by atoms with Crippen molar-refractivity contribution in [3.63, 3.8) is 0 Å². The standard InChI is InChI=1S/C8H14OS/c1-8(2,3)10-7-5-4-6(7)9/h7H,4-5H2,1-3H3/t7-/m0/s1. The van der Waals surface area contributed by atoms with Gasteiger partial charge in [-0.3, -0.25) is 4.79 Å². The van der Waals surface area contributed by atoms with Gasteiger partial charge < -0.3 is 0 Å². The number of thioether (sulfide) groups is 1. The van der Waals surface area contributed by atoms with Crippen molar-refractivity contribution in [2.24, 2.45) is 0 Å². The molecule has 0 heterocycles. The molecule has 0 bridgehead atoms. The Hall–Kier alpha value is 0.0200. The number of rotatable bonds is 1. The first kappa shape index (κ1) is 8.12. The first-order valence-corrected chi connectivity index (χ1v) is 4.57. The van der Waals surface area contributed by atoms with E-state index in [9.17, 15) is 4.79 Å². The number of ketones is 1. The molecule has 1 saturated carbocycles. The zero-order valence-electron chi connectivity index (χ0n) is 6.81. The van der Waals surface area contributed by atoms with E-state index in [2.05, 4.69) is 20.8 Å². The topological polar surface area (TPSA) is 17.1 Å². The van der Waals surface area contributed by atoms with Crippen LogP contribution in [0.1, 0.15) is 33.6 Å². The van der Waals surface area contributed by atoms with E-state index in [1.165, 1.54) is 0 Å². The molecule has 1 aliphatic rings. The molecule has 1 rings (SSSR count). The van der Waals surface area contributed by atoms with Crippen molar-refractivity contribution in [3.05, 3.63) is 0 Å². The molecule has 0 radical (unpaired) electrons. The third-order valence-corrected chi connectivity index (χ3v) is 3.00. The molecule has 58 valence electrons. The Kier molecular flexibility index (Phi) is 2.09. The third kappa shape index (κ3) is 2.01. The fourth-order valence-corrected chi connectivity index (χ4v) is 2.27. The van der Waals surface area contributed by atoms with E-state index in [4.69, 9.17) is 0 Å². The van der Waals surface area contributed by atoms with Crippen LogP contribution in [-0.2, 0) is 4.79 Å². The molecular weight excluding hydrogens is 144 g/mol. The van der Waals surface area contributed by atoms with Crippen molar-refractivity contribution in [2.45, 2.75) is 43.6 Å². The van der Waals surface area contributed by atoms with Gasteiger partial charge in [-0.05, 0) is 6.42 Å². The maximum absolute atomic E-state index is 10.9. The molecule has 0 N–H and O–H groups in total. The minimum atomic E-state index is 0.251. The first-order valence-electron chi connectivity index (χ1n) is 3.69. The van der Waals surface area contributed by atoms with Gasteiger partial charge in [-0.2, -0.15) is 0 Å². The highest BCUT2D eigenvalue weighted by atomic mass is 32.2. The molecule has 0 saturated heterocycles. The molecule has 1 nitrogen and oxygen atoms in total. The normalized spacial score (nSPS) is 26.3. The second-order valence-electron chi connectivity index (χ2n) is 3.72. The lowest BCUT2D eigenvalue weighted by Gasteiger charge is -2.30. The maximum Gasteiger partial charge on any atom is 0.145 e. The van der Waals surface area contributed by atoms with Gasteiger partial charge in [-0.1, -0.05) is 20.8 Å². The van der Waals surface area contributed by atoms with Gasteiger partial charge in [0.15, 0.2) is 0 Å². The lowest BCUT2D eigenvalue weighted by atomic mass is 9.98. The lowest BCUT2D eigenvalue weighted by Crippen LogP contribution is -2.32. The van der Waals surface area contributed by atoms with Gasteiger partial charge in [-0.25, -0.2) is 0 Å². The largest absolute Gasteiger partial charge is 0.298 e. The SMILES string of the molecule is CC(C)(C)S[C@H]1CCC1=O. The van der Waals surface area contributed by atoms with Crippen LogP contribution in [0, 0.1) is 0 Å². The first-order chi connectivity index (χ1) is 4.49. The lowest BCUT2D eigenvalue weighted by molar-refractivity contribution is -0.122. The molecule has 10 heavy (non-hydrogen) atoms. The van der Waals surface area contributed by atoms with E-state index in [-0.39, 0.29) is 4.75 Å². The van der Waals surface area contributed by atoms with E-state index in [0.29, 0.717) is 11.0 Å². The van der Waals surface area contributed by atoms with Crippen LogP contribution < -0.4 is 0 Å². The zero-order chi connectivity index (χ0) is 7.78. The van der Waals surface area contributed by atoms with E-state index in [1.54, 1.807) is 11.8 Å². The van der Waals surface area contributed by atoms with Gasteiger partial charge in [0.05, 0.1) is 5.25 Å². The monoisotopic (exact) mass is 158 g/mol. The zero-order valence-corrected chi connectivity index (χ0v) is 7.62. The van der Waals surface area contributed by atoms with Crippen LogP contribution in [-0.4, -0.2) is 15.8 Å². The molecule has 0 spiro atoms. The summed E-state index contributed by atoms with van der Waals surface area (Å²) < 4.78 is 0.251. The summed E-state index contributed by atoms with van der Waals surface area (Å²) in [7, 11) is 0. The van der Waals surface area contributed by atoms with Crippen LogP contribution in [0.25, 0.3) is 0 Å². The summed E-state index contributed by atoms with van der Waals surface area (Å²) in [5, 5.41) is 0.319. The van der Waals surface area contributed by atoms with Crippen LogP contribution in [0.5, 0.6) is 0 Å². The van der Waals surface area contributed by atoms with Crippen molar-refractivity contribution in [3.8, 4) is 0 Å². The number of carbonyl (C=O) groups is 1. The van der Waals surface area contributed by atoms with Gasteiger partial charge >= 0.3 is 0 Å². The highest BCUT2D eigenvalue weighted by molar-refractivity contribution is 8.02. The smallest absolute Gasteiger partial charge is 0.145 e. The van der Waals surface area contributed by atoms with Gasteiger partial charge in [0, 0.05) is 11.2 Å². The van der Waals surface area contributed by atoms with Crippen molar-refractivity contribution in [2.75, 3.05) is 0 Å². The summed E-state index contributed by atoms with van der Waals surface area (Å²) in [6, 6.07) is 0. The van der Waals surface area contributed by atoms with Gasteiger partial charge in [0.1, 0.15) is 5.78 Å². The molecule has 1 fully saturated rings. The van der Waals surface area contributed by atoms with Crippen molar-refractivity contribution in [1.82, 2.24) is 0 Å². The quantitative estimate of drug-likeness (QED) is 0.582. The van der Waals surface area contributed by atoms with Crippen molar-refractivity contribution >= 4 is 17.5 Å². The second-order valence-corrected chi connectivity index (χ2v) is 5.75. The van der Waals surface area contributed by atoms with E-state index >= 15 is 0 Å². The number of hydrogen-bond acceptors (Lipinski definition) is 2. The molecule has 0 aromatic rings. The summed E-state index contributed by atoms with van der Waals surface area (Å²) in [5.41, 5.74) is 0. The fourth-order valence-electron chi connectivity index (χ4n) is 0.931. The molecule has 1 aliphatic carbocycles. The number of hydrogen-bond donors (Lipinski definition) is 0. The minimum absolute atomic E-state index is 0.251. The van der Waals surface area contributed by atoms with E-state index in [0.717, 1.165) is 12.8 Å². The highest BCUT2D eigenvalue weighted by Crippen LogP contribution is 2.36. The second kappa shape index (κ2) is 2.57. The molecule has 0 aliphatic heterocycles. The Morgan fingerprint density at radius 3 is 2.20 bits per heavy atom. The maximum atomic E-state index is 10.9. The summed E-state index contributed by atoms with van der Waals surface area (Å²) in [6.45, 7) is 6.47. The average molecular weight is 158 g/mol. The predicted octanol–water partition coefficient (Wildman–Crippen LogP) is 2.25. The number of Topliss-reactive ketones (excluding diaryl/α,β-unsaturated/α-hetero) is 1. The summed E-state index contributed by atoms with van der Waals surface area (Å²) in [4.78, 5) is 10.9. The molecular formula is C8H14OS. The third-order valence-electron chi connectivity index (χ3n) is 1.51. The van der Waals surface area contributed by atoms with Crippen LogP contribution >= 0.6 is 11.8 Å². The summed E-state index contributed by atoms with van der Waals surface area (Å²) >= 11 is 1.80.